The van der Waals surface area contributed by atoms with Crippen LogP contribution in [0.2, 0.25) is 0 Å². The Labute approximate surface area is 191 Å². The lowest BCUT2D eigenvalue weighted by molar-refractivity contribution is -0.159. The third-order valence-electron chi connectivity index (χ3n) is 4.91. The number of carbonyl (C=O) groups excluding carboxylic acids is 2. The number of amides is 1. The molecule has 0 fully saturated rings. The topological polar surface area (TPSA) is 147 Å². The van der Waals surface area contributed by atoms with Gasteiger partial charge in [0, 0.05) is 6.42 Å². The number of unbranched alkanes of at least 4 members (excludes halogenated alkanes) is 11. The van der Waals surface area contributed by atoms with Gasteiger partial charge >= 0.3 is 11.9 Å². The minimum atomic E-state index is -4.96. The van der Waals surface area contributed by atoms with Crippen LogP contribution in [-0.2, 0) is 29.3 Å². The van der Waals surface area contributed by atoms with Crippen molar-refractivity contribution in [2.75, 3.05) is 0 Å². The van der Waals surface area contributed by atoms with Gasteiger partial charge in [-0.15, -0.1) is 0 Å². The summed E-state index contributed by atoms with van der Waals surface area (Å²) < 4.78 is 31.0. The van der Waals surface area contributed by atoms with E-state index in [4.69, 9.17) is 9.66 Å². The van der Waals surface area contributed by atoms with Crippen LogP contribution in [-0.4, -0.2) is 41.2 Å². The van der Waals surface area contributed by atoms with Gasteiger partial charge in [-0.05, 0) is 32.1 Å². The average molecular weight is 478 g/mol. The molecular weight excluding hydrogens is 438 g/mol. The molecule has 0 rings (SSSR count). The monoisotopic (exact) mass is 477 g/mol. The van der Waals surface area contributed by atoms with Gasteiger partial charge in [-0.1, -0.05) is 70.4 Å². The minimum absolute atomic E-state index is 0.0842. The number of carbonyl (C=O) groups is 3. The number of hydrogen-bond donors (Lipinski definition) is 3. The Hall–Kier alpha value is -1.94. The van der Waals surface area contributed by atoms with Crippen molar-refractivity contribution in [1.82, 2.24) is 5.48 Å². The Morgan fingerprint density at radius 3 is 1.88 bits per heavy atom. The summed E-state index contributed by atoms with van der Waals surface area (Å²) in [5.74, 6) is -3.78. The molecule has 0 saturated carbocycles. The molecule has 0 radical (unpaired) electrons. The molecule has 0 bridgehead atoms. The van der Waals surface area contributed by atoms with Gasteiger partial charge in [-0.2, -0.15) is 13.9 Å². The van der Waals surface area contributed by atoms with E-state index >= 15 is 0 Å². The van der Waals surface area contributed by atoms with Crippen molar-refractivity contribution >= 4 is 28.0 Å². The summed E-state index contributed by atoms with van der Waals surface area (Å²) in [5, 5.41) is 6.31. The first-order chi connectivity index (χ1) is 15.2. The van der Waals surface area contributed by atoms with E-state index in [2.05, 4.69) is 23.9 Å². The Bertz CT molecular complexity index is 675. The van der Waals surface area contributed by atoms with Gasteiger partial charge in [-0.25, -0.2) is 4.79 Å². The first-order valence-electron chi connectivity index (χ1n) is 11.5. The van der Waals surface area contributed by atoms with Crippen molar-refractivity contribution in [2.45, 2.75) is 108 Å². The van der Waals surface area contributed by atoms with Crippen LogP contribution < -0.4 is 5.48 Å². The fraction of sp³-hybridized carbons (Fsp3) is 0.773. The van der Waals surface area contributed by atoms with Crippen LogP contribution in [0.1, 0.15) is 103 Å². The molecule has 0 heterocycles. The normalized spacial score (nSPS) is 12.6. The zero-order chi connectivity index (χ0) is 24.2. The number of carboxylic acid groups (broad SMARTS) is 1. The SMILES string of the molecule is CCCCCCCC/C=C\CCCCCCCC(=O)NOC(=O)C(CC(=O)O)S(=O)(=O)O. The molecule has 1 amide bonds. The van der Waals surface area contributed by atoms with E-state index in [0.717, 1.165) is 38.5 Å². The van der Waals surface area contributed by atoms with Gasteiger partial charge in [0.2, 0.25) is 0 Å². The van der Waals surface area contributed by atoms with Crippen LogP contribution in [0.5, 0.6) is 0 Å². The predicted molar refractivity (Wildman–Crippen MR) is 121 cm³/mol. The summed E-state index contributed by atoms with van der Waals surface area (Å²) in [6.07, 6.45) is 18.0. The van der Waals surface area contributed by atoms with Crippen molar-refractivity contribution in [1.29, 1.82) is 0 Å². The molecule has 1 atom stereocenters. The molecule has 0 aliphatic rings. The van der Waals surface area contributed by atoms with E-state index in [1.54, 1.807) is 5.48 Å². The lowest BCUT2D eigenvalue weighted by Gasteiger charge is -2.11. The molecule has 1 unspecified atom stereocenters. The van der Waals surface area contributed by atoms with E-state index in [9.17, 15) is 22.8 Å². The van der Waals surface area contributed by atoms with Gasteiger partial charge in [0.25, 0.3) is 16.0 Å². The Kier molecular flexibility index (Phi) is 17.5. The predicted octanol–water partition coefficient (Wildman–Crippen LogP) is 4.33. The molecule has 0 aromatic heterocycles. The van der Waals surface area contributed by atoms with Gasteiger partial charge in [-0.3, -0.25) is 14.1 Å². The number of rotatable bonds is 19. The summed E-state index contributed by atoms with van der Waals surface area (Å²) in [7, 11) is -4.96. The third-order valence-corrected chi connectivity index (χ3v) is 5.99. The first-order valence-corrected chi connectivity index (χ1v) is 13.0. The second kappa shape index (κ2) is 18.6. The second-order valence-electron chi connectivity index (χ2n) is 7.88. The molecule has 3 N–H and O–H groups in total. The summed E-state index contributed by atoms with van der Waals surface area (Å²) in [5.41, 5.74) is 1.79. The maximum absolute atomic E-state index is 11.7. The smallest absolute Gasteiger partial charge is 0.353 e. The van der Waals surface area contributed by atoms with Crippen LogP contribution in [0.25, 0.3) is 0 Å². The van der Waals surface area contributed by atoms with E-state index in [-0.39, 0.29) is 6.42 Å². The van der Waals surface area contributed by atoms with Gasteiger partial charge < -0.3 is 9.94 Å². The molecule has 0 aromatic carbocycles. The molecule has 186 valence electrons. The number of hydroxylamine groups is 1. The summed E-state index contributed by atoms with van der Waals surface area (Å²) in [6, 6.07) is 0. The Morgan fingerprint density at radius 2 is 1.38 bits per heavy atom. The van der Waals surface area contributed by atoms with E-state index < -0.39 is 39.6 Å². The average Bonchev–Trinajstić information content (AvgIpc) is 2.72. The van der Waals surface area contributed by atoms with Crippen LogP contribution in [0.4, 0.5) is 0 Å². The standard InChI is InChI=1S/C22H39NO8S/c1-2-3-4-5-6-7-8-9-10-11-12-13-14-15-16-17-20(24)23-31-22(27)19(18-21(25)26)32(28,29)30/h9-10,19H,2-8,11-18H2,1H3,(H,23,24)(H,25,26)(H,28,29,30)/b10-9-. The first kappa shape index (κ1) is 30.1. The number of allylic oxidation sites excluding steroid dienone is 2. The molecular formula is C22H39NO8S. The van der Waals surface area contributed by atoms with Gasteiger partial charge in [0.1, 0.15) is 0 Å². The minimum Gasteiger partial charge on any atom is -0.481 e. The van der Waals surface area contributed by atoms with Crippen molar-refractivity contribution in [3.63, 3.8) is 0 Å². The lowest BCUT2D eigenvalue weighted by Crippen LogP contribution is -2.38. The van der Waals surface area contributed by atoms with E-state index in [1.165, 1.54) is 38.5 Å². The molecule has 0 aliphatic heterocycles. The molecule has 0 spiro atoms. The second-order valence-corrected chi connectivity index (χ2v) is 9.48. The molecule has 32 heavy (non-hydrogen) atoms. The van der Waals surface area contributed by atoms with E-state index in [1.807, 2.05) is 0 Å². The van der Waals surface area contributed by atoms with Crippen LogP contribution in [0, 0.1) is 0 Å². The van der Waals surface area contributed by atoms with Crippen molar-refractivity contribution in [3.8, 4) is 0 Å². The van der Waals surface area contributed by atoms with Gasteiger partial charge in [0.15, 0.2) is 5.25 Å². The number of nitrogens with one attached hydrogen (secondary N) is 1. The number of carboxylic acids is 1. The van der Waals surface area contributed by atoms with Crippen molar-refractivity contribution in [3.05, 3.63) is 12.2 Å². The molecule has 0 saturated heterocycles. The highest BCUT2D eigenvalue weighted by molar-refractivity contribution is 7.87. The van der Waals surface area contributed by atoms with Crippen LogP contribution in [0.3, 0.4) is 0 Å². The highest BCUT2D eigenvalue weighted by atomic mass is 32.2. The zero-order valence-corrected chi connectivity index (χ0v) is 19.9. The lowest BCUT2D eigenvalue weighted by atomic mass is 10.1. The zero-order valence-electron chi connectivity index (χ0n) is 19.1. The Morgan fingerprint density at radius 1 is 0.875 bits per heavy atom. The molecule has 0 aromatic rings. The summed E-state index contributed by atoms with van der Waals surface area (Å²) in [4.78, 5) is 38.2. The molecule has 0 aliphatic carbocycles. The fourth-order valence-electron chi connectivity index (χ4n) is 3.05. The molecule has 10 heteroatoms. The van der Waals surface area contributed by atoms with Gasteiger partial charge in [0.05, 0.1) is 6.42 Å². The van der Waals surface area contributed by atoms with E-state index in [0.29, 0.717) is 6.42 Å². The van der Waals surface area contributed by atoms with Crippen molar-refractivity contribution in [2.24, 2.45) is 0 Å². The molecule has 9 nitrogen and oxygen atoms in total. The quantitative estimate of drug-likeness (QED) is 0.108. The summed E-state index contributed by atoms with van der Waals surface area (Å²) >= 11 is 0. The third kappa shape index (κ3) is 17.7. The highest BCUT2D eigenvalue weighted by Crippen LogP contribution is 2.10. The maximum atomic E-state index is 11.7. The fourth-order valence-corrected chi connectivity index (χ4v) is 3.69. The number of aliphatic carboxylic acids is 1. The van der Waals surface area contributed by atoms with Crippen LogP contribution in [0.15, 0.2) is 12.2 Å². The maximum Gasteiger partial charge on any atom is 0.353 e. The van der Waals surface area contributed by atoms with Crippen molar-refractivity contribution < 1.29 is 37.3 Å². The van der Waals surface area contributed by atoms with Crippen LogP contribution >= 0.6 is 0 Å². The highest BCUT2D eigenvalue weighted by Gasteiger charge is 2.35. The Balaban J connectivity index is 3.72. The number of hydrogen-bond acceptors (Lipinski definition) is 6. The summed E-state index contributed by atoms with van der Waals surface area (Å²) in [6.45, 7) is 2.22. The largest absolute Gasteiger partial charge is 0.481 e.